The predicted molar refractivity (Wildman–Crippen MR) is 116 cm³/mol. The second-order valence-corrected chi connectivity index (χ2v) is 7.83. The maximum Gasteiger partial charge on any atom is 0.355 e. The average Bonchev–Trinajstić information content (AvgIpc) is 3.02. The van der Waals surface area contributed by atoms with Crippen molar-refractivity contribution in [3.63, 3.8) is 0 Å². The van der Waals surface area contributed by atoms with Gasteiger partial charge in [-0.15, -0.1) is 0 Å². The van der Waals surface area contributed by atoms with Crippen molar-refractivity contribution in [1.29, 1.82) is 0 Å². The summed E-state index contributed by atoms with van der Waals surface area (Å²) in [7, 11) is 0. The van der Waals surface area contributed by atoms with Gasteiger partial charge < -0.3 is 15.0 Å². The van der Waals surface area contributed by atoms with E-state index in [1.165, 1.54) is 18.7 Å². The Morgan fingerprint density at radius 1 is 1.00 bits per heavy atom. The zero-order valence-electron chi connectivity index (χ0n) is 16.9. The number of carbonyl (C=O) groups excluding carboxylic acids is 3. The van der Waals surface area contributed by atoms with Crippen LogP contribution in [0.4, 0.5) is 5.69 Å². The lowest BCUT2D eigenvalue weighted by Gasteiger charge is -2.11. The molecular formula is C23H22N2O4S. The summed E-state index contributed by atoms with van der Waals surface area (Å²) in [5, 5.41) is 2.79. The third kappa shape index (κ3) is 4.99. The summed E-state index contributed by atoms with van der Waals surface area (Å²) in [5.41, 5.74) is 2.42. The number of aromatic nitrogens is 1. The van der Waals surface area contributed by atoms with Crippen LogP contribution in [0, 0.1) is 13.8 Å². The normalized spacial score (nSPS) is 10.5. The fraction of sp³-hybridized carbons (Fsp3) is 0.174. The van der Waals surface area contributed by atoms with Crippen LogP contribution in [0.15, 0.2) is 64.4 Å². The number of ketones is 1. The molecular weight excluding hydrogens is 400 g/mol. The Kier molecular flexibility index (Phi) is 6.74. The summed E-state index contributed by atoms with van der Waals surface area (Å²) in [5.74, 6) is -1.26. The minimum absolute atomic E-state index is 0.134. The molecule has 7 heteroatoms. The molecule has 2 aromatic carbocycles. The Morgan fingerprint density at radius 2 is 1.67 bits per heavy atom. The number of rotatable bonds is 7. The number of hydrogen-bond donors (Lipinski definition) is 2. The average molecular weight is 423 g/mol. The molecule has 154 valence electrons. The summed E-state index contributed by atoms with van der Waals surface area (Å²) in [6, 6.07) is 17.2. The fourth-order valence-corrected chi connectivity index (χ4v) is 4.07. The molecule has 0 atom stereocenters. The molecule has 0 aliphatic rings. The van der Waals surface area contributed by atoms with Crippen molar-refractivity contribution in [3.05, 3.63) is 77.1 Å². The number of Topliss-reactive ketones (excluding diaryl/α,β-unsaturated/α-hetero) is 1. The molecule has 30 heavy (non-hydrogen) atoms. The van der Waals surface area contributed by atoms with Gasteiger partial charge in [0.25, 0.3) is 5.91 Å². The van der Waals surface area contributed by atoms with Crippen LogP contribution in [0.2, 0.25) is 0 Å². The van der Waals surface area contributed by atoms with Crippen LogP contribution >= 0.6 is 11.8 Å². The predicted octanol–water partition coefficient (Wildman–Crippen LogP) is 4.78. The Morgan fingerprint density at radius 3 is 2.33 bits per heavy atom. The zero-order valence-corrected chi connectivity index (χ0v) is 17.8. The topological polar surface area (TPSA) is 88.3 Å². The molecule has 0 radical (unpaired) electrons. The molecule has 0 unspecified atom stereocenters. The third-order valence-corrected chi connectivity index (χ3v) is 5.54. The van der Waals surface area contributed by atoms with E-state index in [2.05, 4.69) is 10.3 Å². The van der Waals surface area contributed by atoms with Crippen molar-refractivity contribution >= 4 is 35.1 Å². The number of esters is 1. The van der Waals surface area contributed by atoms with Crippen LogP contribution in [-0.4, -0.2) is 29.3 Å². The third-order valence-electron chi connectivity index (χ3n) is 4.46. The Hall–Kier alpha value is -3.32. The molecule has 1 amide bonds. The number of ether oxygens (including phenoxy) is 1. The van der Waals surface area contributed by atoms with E-state index in [9.17, 15) is 14.4 Å². The monoisotopic (exact) mass is 422 g/mol. The van der Waals surface area contributed by atoms with Gasteiger partial charge in [-0.05, 0) is 50.6 Å². The number of H-pyrrole nitrogens is 1. The maximum absolute atomic E-state index is 12.4. The molecule has 1 aromatic heterocycles. The van der Waals surface area contributed by atoms with Crippen LogP contribution in [0.25, 0.3) is 0 Å². The highest BCUT2D eigenvalue weighted by molar-refractivity contribution is 7.99. The number of carbonyl (C=O) groups is 3. The lowest BCUT2D eigenvalue weighted by molar-refractivity contribution is -0.119. The fourth-order valence-electron chi connectivity index (χ4n) is 3.15. The largest absolute Gasteiger partial charge is 0.451 e. The van der Waals surface area contributed by atoms with Crippen LogP contribution < -0.4 is 5.32 Å². The van der Waals surface area contributed by atoms with Crippen LogP contribution in [-0.2, 0) is 9.53 Å². The van der Waals surface area contributed by atoms with Gasteiger partial charge in [-0.3, -0.25) is 9.59 Å². The Labute approximate surface area is 179 Å². The van der Waals surface area contributed by atoms with Crippen molar-refractivity contribution < 1.29 is 19.1 Å². The first-order valence-electron chi connectivity index (χ1n) is 9.36. The second-order valence-electron chi connectivity index (χ2n) is 6.72. The van der Waals surface area contributed by atoms with E-state index in [4.69, 9.17) is 4.74 Å². The number of aromatic amines is 1. The van der Waals surface area contributed by atoms with E-state index in [0.717, 1.165) is 9.79 Å². The molecule has 0 spiro atoms. The highest BCUT2D eigenvalue weighted by Crippen LogP contribution is 2.33. The molecule has 0 saturated heterocycles. The van der Waals surface area contributed by atoms with E-state index in [1.807, 2.05) is 48.5 Å². The first kappa shape index (κ1) is 21.4. The van der Waals surface area contributed by atoms with Crippen LogP contribution in [0.3, 0.4) is 0 Å². The van der Waals surface area contributed by atoms with E-state index in [1.54, 1.807) is 19.9 Å². The molecule has 2 N–H and O–H groups in total. The number of benzene rings is 2. The summed E-state index contributed by atoms with van der Waals surface area (Å²) < 4.78 is 5.15. The van der Waals surface area contributed by atoms with E-state index < -0.39 is 18.5 Å². The molecule has 0 bridgehead atoms. The number of para-hydroxylation sites is 1. The molecule has 0 aliphatic carbocycles. The summed E-state index contributed by atoms with van der Waals surface area (Å²) >= 11 is 1.53. The number of hydrogen-bond acceptors (Lipinski definition) is 5. The molecule has 1 heterocycles. The van der Waals surface area contributed by atoms with Crippen molar-refractivity contribution in [2.75, 3.05) is 11.9 Å². The highest BCUT2D eigenvalue weighted by atomic mass is 32.2. The van der Waals surface area contributed by atoms with Crippen LogP contribution in [0.5, 0.6) is 0 Å². The molecule has 0 aliphatic heterocycles. The smallest absolute Gasteiger partial charge is 0.355 e. The lowest BCUT2D eigenvalue weighted by Crippen LogP contribution is -2.21. The SMILES string of the molecule is CC(=O)c1c(C)[nH]c(C(=O)OCC(=O)Nc2ccccc2Sc2ccccc2)c1C. The molecule has 3 aromatic rings. The number of amides is 1. The molecule has 0 fully saturated rings. The van der Waals surface area contributed by atoms with Gasteiger partial charge in [0.1, 0.15) is 5.69 Å². The minimum Gasteiger partial charge on any atom is -0.451 e. The van der Waals surface area contributed by atoms with E-state index >= 15 is 0 Å². The van der Waals surface area contributed by atoms with Crippen molar-refractivity contribution in [2.45, 2.75) is 30.6 Å². The summed E-state index contributed by atoms with van der Waals surface area (Å²) in [6.07, 6.45) is 0. The molecule has 6 nitrogen and oxygen atoms in total. The first-order valence-corrected chi connectivity index (χ1v) is 10.2. The van der Waals surface area contributed by atoms with Gasteiger partial charge in [-0.1, -0.05) is 42.1 Å². The molecule has 3 rings (SSSR count). The van der Waals surface area contributed by atoms with Gasteiger partial charge in [-0.2, -0.15) is 0 Å². The van der Waals surface area contributed by atoms with Crippen molar-refractivity contribution in [3.8, 4) is 0 Å². The lowest BCUT2D eigenvalue weighted by atomic mass is 10.1. The van der Waals surface area contributed by atoms with Gasteiger partial charge in [0.15, 0.2) is 12.4 Å². The first-order chi connectivity index (χ1) is 14.4. The number of aryl methyl sites for hydroxylation is 1. The van der Waals surface area contributed by atoms with Crippen molar-refractivity contribution in [2.24, 2.45) is 0 Å². The second kappa shape index (κ2) is 9.45. The summed E-state index contributed by atoms with van der Waals surface area (Å²) in [6.45, 7) is 4.40. The zero-order chi connectivity index (χ0) is 21.7. The van der Waals surface area contributed by atoms with Gasteiger partial charge in [-0.25, -0.2) is 4.79 Å². The standard InChI is InChI=1S/C23H22N2O4S/c1-14-21(16(3)26)15(2)24-22(14)23(28)29-13-20(27)25-18-11-7-8-12-19(18)30-17-9-5-4-6-10-17/h4-12,24H,13H2,1-3H3,(H,25,27). The van der Waals surface area contributed by atoms with Gasteiger partial charge in [0.05, 0.1) is 5.69 Å². The van der Waals surface area contributed by atoms with E-state index in [-0.39, 0.29) is 11.5 Å². The van der Waals surface area contributed by atoms with Crippen molar-refractivity contribution in [1.82, 2.24) is 4.98 Å². The summed E-state index contributed by atoms with van der Waals surface area (Å²) in [4.78, 5) is 41.2. The van der Waals surface area contributed by atoms with Gasteiger partial charge in [0, 0.05) is 21.0 Å². The minimum atomic E-state index is -0.676. The highest BCUT2D eigenvalue weighted by Gasteiger charge is 2.21. The quantitative estimate of drug-likeness (QED) is 0.423. The Balaban J connectivity index is 1.64. The molecule has 0 saturated carbocycles. The number of anilines is 1. The van der Waals surface area contributed by atoms with Gasteiger partial charge >= 0.3 is 5.97 Å². The van der Waals surface area contributed by atoms with Crippen LogP contribution in [0.1, 0.15) is 39.0 Å². The number of nitrogens with one attached hydrogen (secondary N) is 2. The van der Waals surface area contributed by atoms with E-state index in [0.29, 0.717) is 22.5 Å². The maximum atomic E-state index is 12.4. The van der Waals surface area contributed by atoms with Gasteiger partial charge in [0.2, 0.25) is 0 Å². The Bertz CT molecular complexity index is 1090.